The van der Waals surface area contributed by atoms with Crippen LogP contribution in [-0.4, -0.2) is 53.9 Å². The Morgan fingerprint density at radius 1 is 1.17 bits per heavy atom. The predicted octanol–water partition coefficient (Wildman–Crippen LogP) is 1.80. The van der Waals surface area contributed by atoms with Crippen molar-refractivity contribution < 1.29 is 9.53 Å². The maximum atomic E-state index is 12.6. The third-order valence-electron chi connectivity index (χ3n) is 4.31. The van der Waals surface area contributed by atoms with Crippen LogP contribution in [0.5, 0.6) is 5.75 Å². The molecule has 1 atom stereocenters. The molecule has 1 aromatic carbocycles. The predicted molar refractivity (Wildman–Crippen MR) is 88.7 cm³/mol. The van der Waals surface area contributed by atoms with Gasteiger partial charge in [0.2, 0.25) is 5.91 Å². The number of ether oxygens (including phenoxy) is 1. The number of amides is 1. The highest BCUT2D eigenvalue weighted by Gasteiger charge is 2.26. The molecule has 1 aliphatic rings. The summed E-state index contributed by atoms with van der Waals surface area (Å²) in [4.78, 5) is 16.8. The summed E-state index contributed by atoms with van der Waals surface area (Å²) in [6.45, 7) is 5.03. The molecular weight excluding hydrogens is 292 g/mol. The standard InChI is InChI=1S/C17H22N4O2/c1-14(21-9-3-8-18-21)17(22)20-12-10-19(11-13-20)15-4-6-16(23-2)7-5-15/h3-9,14H,10-13H2,1-2H3/t14-/m0/s1. The van der Waals surface area contributed by atoms with E-state index in [2.05, 4.69) is 22.1 Å². The summed E-state index contributed by atoms with van der Waals surface area (Å²) in [6.07, 6.45) is 3.53. The summed E-state index contributed by atoms with van der Waals surface area (Å²) in [5, 5.41) is 4.16. The second-order valence-electron chi connectivity index (χ2n) is 5.67. The van der Waals surface area contributed by atoms with Crippen LogP contribution in [0.2, 0.25) is 0 Å². The van der Waals surface area contributed by atoms with Crippen molar-refractivity contribution in [2.75, 3.05) is 38.2 Å². The van der Waals surface area contributed by atoms with Crippen LogP contribution in [0.3, 0.4) is 0 Å². The van der Waals surface area contributed by atoms with Gasteiger partial charge in [-0.15, -0.1) is 0 Å². The first-order valence-electron chi connectivity index (χ1n) is 7.86. The molecule has 3 rings (SSSR count). The Balaban J connectivity index is 1.58. The Hall–Kier alpha value is -2.50. The van der Waals surface area contributed by atoms with Gasteiger partial charge in [-0.25, -0.2) is 0 Å². The van der Waals surface area contributed by atoms with Crippen molar-refractivity contribution in [2.45, 2.75) is 13.0 Å². The molecule has 1 fully saturated rings. The summed E-state index contributed by atoms with van der Waals surface area (Å²) in [5.41, 5.74) is 1.16. The highest BCUT2D eigenvalue weighted by Crippen LogP contribution is 2.21. The smallest absolute Gasteiger partial charge is 0.247 e. The van der Waals surface area contributed by atoms with Gasteiger partial charge in [0.1, 0.15) is 11.8 Å². The van der Waals surface area contributed by atoms with Crippen molar-refractivity contribution in [1.29, 1.82) is 0 Å². The lowest BCUT2D eigenvalue weighted by atomic mass is 10.2. The van der Waals surface area contributed by atoms with Crippen LogP contribution < -0.4 is 9.64 Å². The average Bonchev–Trinajstić information content (AvgIpc) is 3.15. The molecule has 0 saturated carbocycles. The molecule has 0 aliphatic carbocycles. The molecule has 23 heavy (non-hydrogen) atoms. The van der Waals surface area contributed by atoms with Crippen LogP contribution in [0.4, 0.5) is 5.69 Å². The Bertz CT molecular complexity index is 631. The molecule has 1 amide bonds. The van der Waals surface area contributed by atoms with Crippen LogP contribution >= 0.6 is 0 Å². The van der Waals surface area contributed by atoms with Crippen LogP contribution in [0.25, 0.3) is 0 Å². The van der Waals surface area contributed by atoms with Gasteiger partial charge in [0, 0.05) is 44.3 Å². The van der Waals surface area contributed by atoms with Gasteiger partial charge in [0.15, 0.2) is 0 Å². The highest BCUT2D eigenvalue weighted by molar-refractivity contribution is 5.80. The fourth-order valence-electron chi connectivity index (χ4n) is 2.87. The molecule has 2 heterocycles. The number of hydrogen-bond donors (Lipinski definition) is 0. The first kappa shape index (κ1) is 15.4. The van der Waals surface area contributed by atoms with Gasteiger partial charge in [-0.05, 0) is 37.3 Å². The minimum absolute atomic E-state index is 0.128. The number of carbonyl (C=O) groups is 1. The van der Waals surface area contributed by atoms with Crippen molar-refractivity contribution in [2.24, 2.45) is 0 Å². The van der Waals surface area contributed by atoms with Crippen molar-refractivity contribution >= 4 is 11.6 Å². The quantitative estimate of drug-likeness (QED) is 0.863. The van der Waals surface area contributed by atoms with E-state index < -0.39 is 0 Å². The van der Waals surface area contributed by atoms with E-state index in [1.165, 1.54) is 0 Å². The second-order valence-corrected chi connectivity index (χ2v) is 5.67. The minimum atomic E-state index is -0.252. The summed E-state index contributed by atoms with van der Waals surface area (Å²) in [6, 6.07) is 9.63. The number of nitrogens with zero attached hydrogens (tertiary/aromatic N) is 4. The number of rotatable bonds is 4. The zero-order valence-corrected chi connectivity index (χ0v) is 13.6. The monoisotopic (exact) mass is 314 g/mol. The Kier molecular flexibility index (Phi) is 4.50. The Morgan fingerprint density at radius 2 is 1.87 bits per heavy atom. The van der Waals surface area contributed by atoms with Gasteiger partial charge in [-0.2, -0.15) is 5.10 Å². The number of benzene rings is 1. The van der Waals surface area contributed by atoms with Gasteiger partial charge < -0.3 is 14.5 Å². The first-order chi connectivity index (χ1) is 11.2. The number of aromatic nitrogens is 2. The number of hydrogen-bond acceptors (Lipinski definition) is 4. The first-order valence-corrected chi connectivity index (χ1v) is 7.86. The summed E-state index contributed by atoms with van der Waals surface area (Å²) >= 11 is 0. The Labute approximate surface area is 136 Å². The van der Waals surface area contributed by atoms with E-state index in [-0.39, 0.29) is 11.9 Å². The molecule has 0 radical (unpaired) electrons. The van der Waals surface area contributed by atoms with E-state index >= 15 is 0 Å². The fourth-order valence-corrected chi connectivity index (χ4v) is 2.87. The number of anilines is 1. The summed E-state index contributed by atoms with van der Waals surface area (Å²) in [5.74, 6) is 0.985. The molecule has 6 heteroatoms. The van der Waals surface area contributed by atoms with Crippen LogP contribution in [0.15, 0.2) is 42.7 Å². The normalized spacial score (nSPS) is 16.3. The molecular formula is C17H22N4O2. The van der Waals surface area contributed by atoms with Gasteiger partial charge in [-0.3, -0.25) is 9.48 Å². The van der Waals surface area contributed by atoms with Gasteiger partial charge in [-0.1, -0.05) is 0 Å². The minimum Gasteiger partial charge on any atom is -0.497 e. The van der Waals surface area contributed by atoms with Crippen LogP contribution in [-0.2, 0) is 4.79 Å². The molecule has 6 nitrogen and oxygen atoms in total. The van der Waals surface area contributed by atoms with E-state index in [1.54, 1.807) is 18.0 Å². The molecule has 1 saturated heterocycles. The number of piperazine rings is 1. The van der Waals surface area contributed by atoms with Crippen molar-refractivity contribution in [3.63, 3.8) is 0 Å². The molecule has 0 spiro atoms. The molecule has 0 bridgehead atoms. The molecule has 0 N–H and O–H groups in total. The number of carbonyl (C=O) groups excluding carboxylic acids is 1. The average molecular weight is 314 g/mol. The van der Waals surface area contributed by atoms with Crippen LogP contribution in [0.1, 0.15) is 13.0 Å². The largest absolute Gasteiger partial charge is 0.497 e. The van der Waals surface area contributed by atoms with E-state index in [1.807, 2.05) is 36.2 Å². The molecule has 2 aromatic rings. The second kappa shape index (κ2) is 6.73. The van der Waals surface area contributed by atoms with E-state index in [0.717, 1.165) is 37.6 Å². The SMILES string of the molecule is COc1ccc(N2CCN(C(=O)[C@H](C)n3cccn3)CC2)cc1. The molecule has 0 unspecified atom stereocenters. The van der Waals surface area contributed by atoms with Crippen LogP contribution in [0, 0.1) is 0 Å². The van der Waals surface area contributed by atoms with Gasteiger partial charge >= 0.3 is 0 Å². The van der Waals surface area contributed by atoms with E-state index in [0.29, 0.717) is 0 Å². The Morgan fingerprint density at radius 3 is 2.43 bits per heavy atom. The zero-order chi connectivity index (χ0) is 16.2. The third-order valence-corrected chi connectivity index (χ3v) is 4.31. The highest BCUT2D eigenvalue weighted by atomic mass is 16.5. The lowest BCUT2D eigenvalue weighted by molar-refractivity contribution is -0.134. The fraction of sp³-hybridized carbons (Fsp3) is 0.412. The van der Waals surface area contributed by atoms with E-state index in [4.69, 9.17) is 4.74 Å². The molecule has 1 aliphatic heterocycles. The number of methoxy groups -OCH3 is 1. The zero-order valence-electron chi connectivity index (χ0n) is 13.6. The van der Waals surface area contributed by atoms with Gasteiger partial charge in [0.05, 0.1) is 7.11 Å². The lowest BCUT2D eigenvalue weighted by Crippen LogP contribution is -2.50. The lowest BCUT2D eigenvalue weighted by Gasteiger charge is -2.37. The van der Waals surface area contributed by atoms with Crippen molar-refractivity contribution in [3.05, 3.63) is 42.7 Å². The van der Waals surface area contributed by atoms with Crippen molar-refractivity contribution in [1.82, 2.24) is 14.7 Å². The summed E-state index contributed by atoms with van der Waals surface area (Å²) < 4.78 is 6.89. The maximum absolute atomic E-state index is 12.6. The van der Waals surface area contributed by atoms with Crippen molar-refractivity contribution in [3.8, 4) is 5.75 Å². The van der Waals surface area contributed by atoms with E-state index in [9.17, 15) is 4.79 Å². The molecule has 1 aromatic heterocycles. The van der Waals surface area contributed by atoms with Gasteiger partial charge in [0.25, 0.3) is 0 Å². The maximum Gasteiger partial charge on any atom is 0.247 e. The third kappa shape index (κ3) is 3.31. The topological polar surface area (TPSA) is 50.6 Å². The molecule has 122 valence electrons. The summed E-state index contributed by atoms with van der Waals surface area (Å²) in [7, 11) is 1.67.